The number of aromatic amines is 1. The van der Waals surface area contributed by atoms with E-state index in [1.54, 1.807) is 18.8 Å². The lowest BCUT2D eigenvalue weighted by Gasteiger charge is -2.21. The fourth-order valence-corrected chi connectivity index (χ4v) is 2.93. The molecule has 0 spiro atoms. The van der Waals surface area contributed by atoms with Crippen LogP contribution >= 0.6 is 0 Å². The molecule has 9 nitrogen and oxygen atoms in total. The van der Waals surface area contributed by atoms with Gasteiger partial charge in [-0.15, -0.1) is 0 Å². The summed E-state index contributed by atoms with van der Waals surface area (Å²) < 4.78 is 18.8. The summed E-state index contributed by atoms with van der Waals surface area (Å²) in [5.74, 6) is 0.0292. The Balaban J connectivity index is 2.09. The number of H-pyrrole nitrogens is 1. The Morgan fingerprint density at radius 2 is 2.14 bits per heavy atom. The molecule has 0 saturated carbocycles. The van der Waals surface area contributed by atoms with Crippen LogP contribution in [0.5, 0.6) is 0 Å². The quantitative estimate of drug-likeness (QED) is 0.818. The molecule has 2 aromatic heterocycles. The highest BCUT2D eigenvalue weighted by molar-refractivity contribution is 5.70. The van der Waals surface area contributed by atoms with E-state index in [1.165, 1.54) is 6.33 Å². The lowest BCUT2D eigenvalue weighted by Crippen LogP contribution is -2.34. The van der Waals surface area contributed by atoms with Gasteiger partial charge in [-0.2, -0.15) is 4.98 Å². The summed E-state index contributed by atoms with van der Waals surface area (Å²) in [7, 11) is 3.22. The minimum atomic E-state index is -0.487. The predicted molar refractivity (Wildman–Crippen MR) is 78.4 cm³/mol. The number of hydrogen-bond donors (Lipinski definition) is 2. The molecular formula is C13H19N5O4. The van der Waals surface area contributed by atoms with Crippen molar-refractivity contribution in [2.75, 3.05) is 20.0 Å². The third-order valence-corrected chi connectivity index (χ3v) is 3.96. The lowest BCUT2D eigenvalue weighted by atomic mass is 10.1. The first-order valence-corrected chi connectivity index (χ1v) is 7.04. The Morgan fingerprint density at radius 1 is 1.41 bits per heavy atom. The molecule has 4 atom stereocenters. The number of imidazole rings is 1. The van der Waals surface area contributed by atoms with Crippen LogP contribution in [0.15, 0.2) is 11.1 Å². The fraction of sp³-hybridized carbons (Fsp3) is 0.615. The number of nitrogens with one attached hydrogen (secondary N) is 1. The molecule has 1 unspecified atom stereocenters. The Bertz CT molecular complexity index is 727. The molecule has 0 aromatic carbocycles. The van der Waals surface area contributed by atoms with Gasteiger partial charge in [0.25, 0.3) is 5.56 Å². The van der Waals surface area contributed by atoms with Gasteiger partial charge in [0.05, 0.1) is 12.4 Å². The number of rotatable bonds is 4. The van der Waals surface area contributed by atoms with Crippen LogP contribution in [0.25, 0.3) is 11.2 Å². The number of methoxy groups -OCH3 is 2. The zero-order chi connectivity index (χ0) is 15.9. The van der Waals surface area contributed by atoms with E-state index in [1.807, 2.05) is 6.92 Å². The van der Waals surface area contributed by atoms with Gasteiger partial charge >= 0.3 is 0 Å². The van der Waals surface area contributed by atoms with Crippen molar-refractivity contribution >= 4 is 17.1 Å². The summed E-state index contributed by atoms with van der Waals surface area (Å²) in [5.41, 5.74) is 5.81. The maximum atomic E-state index is 11.9. The van der Waals surface area contributed by atoms with Crippen molar-refractivity contribution < 1.29 is 14.2 Å². The van der Waals surface area contributed by atoms with E-state index in [4.69, 9.17) is 19.9 Å². The Labute approximate surface area is 126 Å². The molecule has 0 amide bonds. The molecule has 1 fully saturated rings. The normalized spacial score (nSPS) is 28.5. The Hall–Kier alpha value is -1.97. The van der Waals surface area contributed by atoms with E-state index in [0.717, 1.165) is 6.42 Å². The van der Waals surface area contributed by atoms with Crippen LogP contribution in [0.2, 0.25) is 0 Å². The van der Waals surface area contributed by atoms with Gasteiger partial charge in [-0.05, 0) is 6.42 Å². The summed E-state index contributed by atoms with van der Waals surface area (Å²) in [6, 6.07) is 0. The molecule has 3 rings (SSSR count). The van der Waals surface area contributed by atoms with Gasteiger partial charge in [0.15, 0.2) is 17.4 Å². The third kappa shape index (κ3) is 2.18. The number of nitrogens with zero attached hydrogens (tertiary/aromatic N) is 3. The smallest absolute Gasteiger partial charge is 0.280 e. The molecule has 22 heavy (non-hydrogen) atoms. The highest BCUT2D eigenvalue weighted by atomic mass is 16.6. The Kier molecular flexibility index (Phi) is 3.85. The molecule has 120 valence electrons. The largest absolute Gasteiger partial charge is 0.376 e. The molecule has 3 N–H and O–H groups in total. The summed E-state index contributed by atoms with van der Waals surface area (Å²) in [6.07, 6.45) is 1.13. The zero-order valence-electron chi connectivity index (χ0n) is 12.6. The van der Waals surface area contributed by atoms with Crippen LogP contribution in [-0.4, -0.2) is 52.1 Å². The van der Waals surface area contributed by atoms with Crippen molar-refractivity contribution in [2.24, 2.45) is 0 Å². The van der Waals surface area contributed by atoms with Gasteiger partial charge in [-0.3, -0.25) is 14.3 Å². The van der Waals surface area contributed by atoms with E-state index in [2.05, 4.69) is 15.0 Å². The van der Waals surface area contributed by atoms with Gasteiger partial charge in [0.1, 0.15) is 12.2 Å². The fourth-order valence-electron chi connectivity index (χ4n) is 2.93. The number of hydrogen-bond acceptors (Lipinski definition) is 7. The first-order valence-electron chi connectivity index (χ1n) is 7.04. The maximum absolute atomic E-state index is 11.9. The van der Waals surface area contributed by atoms with Crippen LogP contribution < -0.4 is 11.3 Å². The molecule has 0 bridgehead atoms. The maximum Gasteiger partial charge on any atom is 0.280 e. The van der Waals surface area contributed by atoms with Gasteiger partial charge < -0.3 is 19.9 Å². The molecule has 1 saturated heterocycles. The average Bonchev–Trinajstić information content (AvgIpc) is 3.06. The predicted octanol–water partition coefficient (Wildman–Crippen LogP) is 0.0392. The molecule has 1 aliphatic rings. The van der Waals surface area contributed by atoms with Crippen LogP contribution in [0.1, 0.15) is 19.6 Å². The molecule has 9 heteroatoms. The summed E-state index contributed by atoms with van der Waals surface area (Å²) in [5, 5.41) is 0. The molecule has 3 heterocycles. The number of nitrogen functional groups attached to an aromatic ring is 1. The van der Waals surface area contributed by atoms with E-state index < -0.39 is 6.23 Å². The van der Waals surface area contributed by atoms with Crippen LogP contribution in [0.4, 0.5) is 5.95 Å². The monoisotopic (exact) mass is 309 g/mol. The van der Waals surface area contributed by atoms with Crippen molar-refractivity contribution in [1.82, 2.24) is 19.5 Å². The van der Waals surface area contributed by atoms with E-state index >= 15 is 0 Å². The molecule has 0 aliphatic carbocycles. The minimum Gasteiger partial charge on any atom is -0.376 e. The number of aromatic nitrogens is 4. The zero-order valence-corrected chi connectivity index (χ0v) is 12.6. The number of ether oxygens (including phenoxy) is 3. The van der Waals surface area contributed by atoms with E-state index in [0.29, 0.717) is 5.65 Å². The second-order valence-electron chi connectivity index (χ2n) is 5.15. The van der Waals surface area contributed by atoms with Crippen LogP contribution in [0.3, 0.4) is 0 Å². The highest BCUT2D eigenvalue weighted by Crippen LogP contribution is 2.35. The molecule has 0 radical (unpaired) electrons. The first kappa shape index (κ1) is 14.9. The topological polar surface area (TPSA) is 117 Å². The van der Waals surface area contributed by atoms with Crippen LogP contribution in [0, 0.1) is 0 Å². The van der Waals surface area contributed by atoms with Crippen molar-refractivity contribution in [3.05, 3.63) is 16.7 Å². The second kappa shape index (κ2) is 5.67. The lowest BCUT2D eigenvalue weighted by molar-refractivity contribution is -0.0517. The van der Waals surface area contributed by atoms with Crippen molar-refractivity contribution in [3.63, 3.8) is 0 Å². The van der Waals surface area contributed by atoms with Gasteiger partial charge in [0, 0.05) is 14.2 Å². The highest BCUT2D eigenvalue weighted by Gasteiger charge is 2.46. The first-order chi connectivity index (χ1) is 10.6. The van der Waals surface area contributed by atoms with E-state index in [9.17, 15) is 4.79 Å². The van der Waals surface area contributed by atoms with Gasteiger partial charge in [0.2, 0.25) is 5.95 Å². The number of fused-ring (bicyclic) bond motifs is 1. The SMILES string of the molecule is CC[C@H]1O[C@@H](n2cnc3c(=O)[nH]c(N)nc32)[C@@H](OC)C1OC. The molecule has 1 aliphatic heterocycles. The van der Waals surface area contributed by atoms with Crippen LogP contribution in [-0.2, 0) is 14.2 Å². The Morgan fingerprint density at radius 3 is 2.77 bits per heavy atom. The number of anilines is 1. The number of nitrogens with two attached hydrogens (primary N) is 1. The standard InChI is InChI=1S/C13H19N5O4/c1-4-6-8(20-2)9(21-3)12(22-6)18-5-15-7-10(18)16-13(14)17-11(7)19/h5-6,8-9,12H,4H2,1-3H3,(H3,14,16,17,19)/t6-,8?,9+,12-/m1/s1. The van der Waals surface area contributed by atoms with E-state index in [-0.39, 0.29) is 35.3 Å². The second-order valence-corrected chi connectivity index (χ2v) is 5.15. The van der Waals surface area contributed by atoms with Gasteiger partial charge in [-0.25, -0.2) is 4.98 Å². The van der Waals surface area contributed by atoms with Crippen molar-refractivity contribution in [2.45, 2.75) is 37.9 Å². The average molecular weight is 309 g/mol. The molecule has 2 aromatic rings. The summed E-state index contributed by atoms with van der Waals surface area (Å²) in [4.78, 5) is 22.5. The van der Waals surface area contributed by atoms with Crippen molar-refractivity contribution in [1.29, 1.82) is 0 Å². The minimum absolute atomic E-state index is 0.0292. The van der Waals surface area contributed by atoms with Crippen molar-refractivity contribution in [3.8, 4) is 0 Å². The van der Waals surface area contributed by atoms with Gasteiger partial charge in [-0.1, -0.05) is 6.92 Å². The summed E-state index contributed by atoms with van der Waals surface area (Å²) >= 11 is 0. The third-order valence-electron chi connectivity index (χ3n) is 3.96. The summed E-state index contributed by atoms with van der Waals surface area (Å²) in [6.45, 7) is 2.01. The molecular weight excluding hydrogens is 290 g/mol.